The van der Waals surface area contributed by atoms with Gasteiger partial charge in [0.05, 0.1) is 28.9 Å². The zero-order valence-electron chi connectivity index (χ0n) is 22.0. The Bertz CT molecular complexity index is 1730. The molecule has 4 amide bonds. The van der Waals surface area contributed by atoms with Crippen molar-refractivity contribution in [3.8, 4) is 5.75 Å². The second kappa shape index (κ2) is 9.34. The number of hydrogen-bond acceptors (Lipinski definition) is 6. The van der Waals surface area contributed by atoms with E-state index in [0.29, 0.717) is 16.2 Å². The topological polar surface area (TPSA) is 115 Å². The van der Waals surface area contributed by atoms with Crippen LogP contribution >= 0.6 is 11.6 Å². The molecular weight excluding hydrogens is 563 g/mol. The average Bonchev–Trinajstić information content (AvgIpc) is 3.35. The predicted molar refractivity (Wildman–Crippen MR) is 148 cm³/mol. The quantitative estimate of drug-likeness (QED) is 0.260. The molecule has 0 spiro atoms. The molecule has 10 heteroatoms. The molecule has 0 radical (unpaired) electrons. The Morgan fingerprint density at radius 2 is 1.62 bits per heavy atom. The molecule has 1 saturated carbocycles. The summed E-state index contributed by atoms with van der Waals surface area (Å²) in [6, 6.07) is 19.1. The first-order valence-electron chi connectivity index (χ1n) is 13.6. The normalized spacial score (nSPS) is 30.3. The summed E-state index contributed by atoms with van der Waals surface area (Å²) in [6.07, 6.45) is 1.87. The second-order valence-electron chi connectivity index (χ2n) is 11.3. The number of benzene rings is 3. The SMILES string of the molecule is O=C1C2CC=C3C(CC4C(=O)N(c5cccc(Cl)c5)C(=O)C4(c4ccccc4)C3c3cccc(F)c3O)C2C(=O)N1O. The van der Waals surface area contributed by atoms with E-state index in [1.54, 1.807) is 54.6 Å². The summed E-state index contributed by atoms with van der Waals surface area (Å²) >= 11 is 6.26. The molecule has 212 valence electrons. The molecule has 2 N–H and O–H groups in total. The lowest BCUT2D eigenvalue weighted by atomic mass is 9.49. The van der Waals surface area contributed by atoms with E-state index in [9.17, 15) is 33.9 Å². The van der Waals surface area contributed by atoms with Gasteiger partial charge < -0.3 is 5.11 Å². The fourth-order valence-electron chi connectivity index (χ4n) is 7.84. The summed E-state index contributed by atoms with van der Waals surface area (Å²) in [7, 11) is 0. The summed E-state index contributed by atoms with van der Waals surface area (Å²) in [6.45, 7) is 0. The van der Waals surface area contributed by atoms with Gasteiger partial charge in [-0.3, -0.25) is 24.4 Å². The van der Waals surface area contributed by atoms with Gasteiger partial charge in [0.15, 0.2) is 11.6 Å². The van der Waals surface area contributed by atoms with E-state index in [4.69, 9.17) is 11.6 Å². The molecule has 8 nitrogen and oxygen atoms in total. The van der Waals surface area contributed by atoms with Crippen LogP contribution in [0.15, 0.2) is 84.4 Å². The van der Waals surface area contributed by atoms with Gasteiger partial charge in [-0.15, -0.1) is 0 Å². The molecule has 0 bridgehead atoms. The number of carbonyl (C=O) groups excluding carboxylic acids is 4. The highest BCUT2D eigenvalue weighted by Crippen LogP contribution is 2.65. The first-order valence-corrected chi connectivity index (χ1v) is 14.0. The van der Waals surface area contributed by atoms with E-state index in [0.717, 1.165) is 11.0 Å². The molecule has 0 aromatic heterocycles. The lowest BCUT2D eigenvalue weighted by molar-refractivity contribution is -0.173. The van der Waals surface area contributed by atoms with Crippen molar-refractivity contribution in [2.45, 2.75) is 24.2 Å². The standard InChI is InChI=1S/C32H24ClFN2O6/c33-17-8-4-9-18(14-17)35-29(39)23-15-22-19(12-13-20-25(22)30(40)36(42)28(20)38)26(21-10-5-11-24(34)27(21)37)32(23,31(35)41)16-6-2-1-3-7-16/h1-12,14,20,22-23,25-26,37,42H,13,15H2. The molecule has 7 rings (SSSR count). The Morgan fingerprint density at radius 1 is 0.881 bits per heavy atom. The number of phenols is 1. The number of fused-ring (bicyclic) bond motifs is 4. The first kappa shape index (κ1) is 26.6. The van der Waals surface area contributed by atoms with E-state index in [2.05, 4.69) is 0 Å². The Kier molecular flexibility index (Phi) is 5.90. The van der Waals surface area contributed by atoms with Crippen LogP contribution in [-0.2, 0) is 24.6 Å². The third-order valence-corrected chi connectivity index (χ3v) is 9.71. The molecule has 3 aromatic rings. The number of anilines is 1. The highest BCUT2D eigenvalue weighted by molar-refractivity contribution is 6.32. The van der Waals surface area contributed by atoms with Gasteiger partial charge in [-0.1, -0.05) is 71.8 Å². The summed E-state index contributed by atoms with van der Waals surface area (Å²) in [5.41, 5.74) is -0.252. The van der Waals surface area contributed by atoms with Crippen molar-refractivity contribution in [2.24, 2.45) is 23.7 Å². The van der Waals surface area contributed by atoms with Crippen molar-refractivity contribution in [3.05, 3.63) is 106 Å². The van der Waals surface area contributed by atoms with Crippen molar-refractivity contribution in [1.82, 2.24) is 5.06 Å². The highest BCUT2D eigenvalue weighted by atomic mass is 35.5. The van der Waals surface area contributed by atoms with Crippen LogP contribution < -0.4 is 4.90 Å². The molecule has 2 heterocycles. The Hall–Kier alpha value is -4.34. The fourth-order valence-corrected chi connectivity index (χ4v) is 8.02. The molecule has 6 unspecified atom stereocenters. The third kappa shape index (κ3) is 3.38. The molecule has 2 aliphatic carbocycles. The molecule has 42 heavy (non-hydrogen) atoms. The van der Waals surface area contributed by atoms with Gasteiger partial charge in [-0.25, -0.2) is 9.29 Å². The molecule has 3 aromatic carbocycles. The van der Waals surface area contributed by atoms with Crippen LogP contribution in [0.2, 0.25) is 5.02 Å². The summed E-state index contributed by atoms with van der Waals surface area (Å²) in [4.78, 5) is 56.4. The van der Waals surface area contributed by atoms with Gasteiger partial charge in [-0.2, -0.15) is 5.06 Å². The van der Waals surface area contributed by atoms with Crippen LogP contribution in [0, 0.1) is 29.5 Å². The number of imide groups is 2. The van der Waals surface area contributed by atoms with Gasteiger partial charge in [0, 0.05) is 16.5 Å². The summed E-state index contributed by atoms with van der Waals surface area (Å²) in [5.74, 6) is -8.85. The van der Waals surface area contributed by atoms with Gasteiger partial charge in [0.25, 0.3) is 11.8 Å². The van der Waals surface area contributed by atoms with Crippen LogP contribution in [0.5, 0.6) is 5.75 Å². The van der Waals surface area contributed by atoms with Crippen molar-refractivity contribution in [3.63, 3.8) is 0 Å². The average molecular weight is 587 g/mol. The maximum atomic E-state index is 15.0. The lowest BCUT2D eigenvalue weighted by Crippen LogP contribution is -2.53. The molecule has 3 fully saturated rings. The van der Waals surface area contributed by atoms with Crippen LogP contribution in [0.4, 0.5) is 10.1 Å². The largest absolute Gasteiger partial charge is 0.505 e. The molecule has 2 aliphatic heterocycles. The van der Waals surface area contributed by atoms with E-state index in [-0.39, 0.29) is 29.2 Å². The third-order valence-electron chi connectivity index (χ3n) is 9.47. The molecule has 4 aliphatic rings. The number of phenolic OH excluding ortho intramolecular Hbond substituents is 1. The zero-order chi connectivity index (χ0) is 29.5. The maximum absolute atomic E-state index is 15.0. The number of aromatic hydroxyl groups is 1. The summed E-state index contributed by atoms with van der Waals surface area (Å²) < 4.78 is 15.0. The first-order chi connectivity index (χ1) is 20.2. The number of allylic oxidation sites excluding steroid dienone is 2. The van der Waals surface area contributed by atoms with Crippen molar-refractivity contribution >= 4 is 40.9 Å². The monoisotopic (exact) mass is 586 g/mol. The van der Waals surface area contributed by atoms with Crippen LogP contribution in [-0.4, -0.2) is 39.0 Å². The van der Waals surface area contributed by atoms with Crippen LogP contribution in [0.3, 0.4) is 0 Å². The van der Waals surface area contributed by atoms with Crippen molar-refractivity contribution in [1.29, 1.82) is 0 Å². The van der Waals surface area contributed by atoms with E-state index in [1.807, 2.05) is 0 Å². The number of para-hydroxylation sites is 1. The van der Waals surface area contributed by atoms with Gasteiger partial charge >= 0.3 is 0 Å². The van der Waals surface area contributed by atoms with Gasteiger partial charge in [0.1, 0.15) is 0 Å². The Labute approximate surface area is 244 Å². The Morgan fingerprint density at radius 3 is 2.36 bits per heavy atom. The van der Waals surface area contributed by atoms with Gasteiger partial charge in [0.2, 0.25) is 11.8 Å². The second-order valence-corrected chi connectivity index (χ2v) is 11.7. The van der Waals surface area contributed by atoms with Crippen LogP contribution in [0.1, 0.15) is 29.9 Å². The number of hydroxylamine groups is 2. The summed E-state index contributed by atoms with van der Waals surface area (Å²) in [5, 5.41) is 21.8. The van der Waals surface area contributed by atoms with E-state index < -0.39 is 70.2 Å². The molecule has 2 saturated heterocycles. The number of amides is 4. The number of rotatable bonds is 3. The van der Waals surface area contributed by atoms with Gasteiger partial charge in [-0.05, 0) is 48.6 Å². The predicted octanol–water partition coefficient (Wildman–Crippen LogP) is 4.74. The van der Waals surface area contributed by atoms with Crippen LogP contribution in [0.25, 0.3) is 0 Å². The smallest absolute Gasteiger partial charge is 0.257 e. The zero-order valence-corrected chi connectivity index (χ0v) is 22.7. The minimum atomic E-state index is -1.63. The highest BCUT2D eigenvalue weighted by Gasteiger charge is 2.70. The minimum absolute atomic E-state index is 0.0168. The number of halogens is 2. The molecular formula is C32H24ClFN2O6. The maximum Gasteiger partial charge on any atom is 0.257 e. The lowest BCUT2D eigenvalue weighted by Gasteiger charge is -2.50. The van der Waals surface area contributed by atoms with E-state index >= 15 is 0 Å². The fraction of sp³-hybridized carbons (Fsp3) is 0.250. The number of nitrogens with zero attached hydrogens (tertiary/aromatic N) is 2. The van der Waals surface area contributed by atoms with Crippen molar-refractivity contribution in [2.75, 3.05) is 4.90 Å². The molecule has 6 atom stereocenters. The minimum Gasteiger partial charge on any atom is -0.505 e. The van der Waals surface area contributed by atoms with Crippen molar-refractivity contribution < 1.29 is 33.9 Å². The Balaban J connectivity index is 1.54. The number of carbonyl (C=O) groups is 4. The number of hydrogen-bond donors (Lipinski definition) is 2. The van der Waals surface area contributed by atoms with E-state index in [1.165, 1.54) is 18.2 Å².